The molecule has 0 saturated heterocycles. The highest BCUT2D eigenvalue weighted by Crippen LogP contribution is 2.19. The van der Waals surface area contributed by atoms with E-state index in [1.165, 1.54) is 11.3 Å². The van der Waals surface area contributed by atoms with Crippen LogP contribution in [0.1, 0.15) is 22.4 Å². The molecule has 1 heterocycles. The Morgan fingerprint density at radius 2 is 1.70 bits per heavy atom. The number of carbonyl (C=O) groups excluding carboxylic acids is 2. The third kappa shape index (κ3) is 5.49. The molecule has 0 spiro atoms. The number of aromatic nitrogens is 1. The second kappa shape index (κ2) is 8.60. The minimum absolute atomic E-state index is 0.123. The molecule has 0 aliphatic rings. The molecule has 0 fully saturated rings. The summed E-state index contributed by atoms with van der Waals surface area (Å²) in [6.45, 7) is 3.98. The van der Waals surface area contributed by atoms with Gasteiger partial charge in [-0.25, -0.2) is 4.98 Å². The standard InChI is InChI=1S/C21H21N3O2S/c1-14-8-9-18(15(2)10-14)23-20(26)12-17-13-27-21(22-17)24-19(25)11-16-6-4-3-5-7-16/h3-10,13H,11-12H2,1-2H3,(H,23,26)(H,22,24,25). The van der Waals surface area contributed by atoms with Gasteiger partial charge in [-0.2, -0.15) is 0 Å². The predicted molar refractivity (Wildman–Crippen MR) is 109 cm³/mol. The zero-order chi connectivity index (χ0) is 19.2. The molecular formula is C21H21N3O2S. The second-order valence-electron chi connectivity index (χ2n) is 6.40. The molecule has 1 aromatic heterocycles. The van der Waals surface area contributed by atoms with Crippen molar-refractivity contribution in [2.45, 2.75) is 26.7 Å². The van der Waals surface area contributed by atoms with Crippen molar-refractivity contribution in [2.24, 2.45) is 0 Å². The van der Waals surface area contributed by atoms with Crippen molar-refractivity contribution in [3.63, 3.8) is 0 Å². The van der Waals surface area contributed by atoms with Crippen molar-refractivity contribution in [1.82, 2.24) is 4.98 Å². The van der Waals surface area contributed by atoms with Gasteiger partial charge in [0.05, 0.1) is 18.5 Å². The molecule has 2 N–H and O–H groups in total. The summed E-state index contributed by atoms with van der Waals surface area (Å²) >= 11 is 1.32. The number of carbonyl (C=O) groups is 2. The molecule has 2 aromatic carbocycles. The summed E-state index contributed by atoms with van der Waals surface area (Å²) in [5.74, 6) is -0.253. The third-order valence-corrected chi connectivity index (χ3v) is 4.81. The normalized spacial score (nSPS) is 10.4. The van der Waals surface area contributed by atoms with Crippen LogP contribution in [0.2, 0.25) is 0 Å². The average Bonchev–Trinajstić information content (AvgIpc) is 3.05. The Morgan fingerprint density at radius 1 is 0.963 bits per heavy atom. The summed E-state index contributed by atoms with van der Waals surface area (Å²) in [6.07, 6.45) is 0.460. The monoisotopic (exact) mass is 379 g/mol. The first-order valence-corrected chi connectivity index (χ1v) is 9.53. The Bertz CT molecular complexity index is 951. The van der Waals surface area contributed by atoms with Gasteiger partial charge < -0.3 is 10.6 Å². The molecule has 3 rings (SSSR count). The number of rotatable bonds is 6. The van der Waals surface area contributed by atoms with Gasteiger partial charge in [0.2, 0.25) is 11.8 Å². The van der Waals surface area contributed by atoms with E-state index >= 15 is 0 Å². The maximum Gasteiger partial charge on any atom is 0.230 e. The molecule has 2 amide bonds. The van der Waals surface area contributed by atoms with E-state index in [1.54, 1.807) is 5.38 Å². The number of anilines is 2. The fourth-order valence-electron chi connectivity index (χ4n) is 2.70. The summed E-state index contributed by atoms with van der Waals surface area (Å²) in [5.41, 5.74) is 4.56. The van der Waals surface area contributed by atoms with Crippen molar-refractivity contribution in [1.29, 1.82) is 0 Å². The number of amides is 2. The highest BCUT2D eigenvalue weighted by atomic mass is 32.1. The Labute approximate surface area is 162 Å². The quantitative estimate of drug-likeness (QED) is 0.677. The fraction of sp³-hybridized carbons (Fsp3) is 0.190. The highest BCUT2D eigenvalue weighted by molar-refractivity contribution is 7.13. The second-order valence-corrected chi connectivity index (χ2v) is 7.26. The minimum Gasteiger partial charge on any atom is -0.326 e. The summed E-state index contributed by atoms with van der Waals surface area (Å²) in [5, 5.41) is 7.99. The van der Waals surface area contributed by atoms with Gasteiger partial charge in [0.25, 0.3) is 0 Å². The minimum atomic E-state index is -0.130. The third-order valence-electron chi connectivity index (χ3n) is 4.00. The molecular weight excluding hydrogens is 358 g/mol. The summed E-state index contributed by atoms with van der Waals surface area (Å²) in [6, 6.07) is 15.4. The predicted octanol–water partition coefficient (Wildman–Crippen LogP) is 4.12. The van der Waals surface area contributed by atoms with Crippen LogP contribution in [0.15, 0.2) is 53.9 Å². The molecule has 0 unspecified atom stereocenters. The van der Waals surface area contributed by atoms with E-state index in [4.69, 9.17) is 0 Å². The molecule has 0 bridgehead atoms. The molecule has 0 aliphatic carbocycles. The topological polar surface area (TPSA) is 71.1 Å². The van der Waals surface area contributed by atoms with Gasteiger partial charge in [-0.3, -0.25) is 9.59 Å². The first-order valence-electron chi connectivity index (χ1n) is 8.65. The van der Waals surface area contributed by atoms with E-state index in [1.807, 2.05) is 62.4 Å². The van der Waals surface area contributed by atoms with Gasteiger partial charge in [0, 0.05) is 11.1 Å². The molecule has 138 valence electrons. The van der Waals surface area contributed by atoms with Crippen LogP contribution in [0.3, 0.4) is 0 Å². The van der Waals surface area contributed by atoms with Crippen molar-refractivity contribution < 1.29 is 9.59 Å². The van der Waals surface area contributed by atoms with Gasteiger partial charge >= 0.3 is 0 Å². The van der Waals surface area contributed by atoms with Gasteiger partial charge in [-0.15, -0.1) is 11.3 Å². The number of nitrogens with one attached hydrogen (secondary N) is 2. The van der Waals surface area contributed by atoms with E-state index in [2.05, 4.69) is 15.6 Å². The summed E-state index contributed by atoms with van der Waals surface area (Å²) < 4.78 is 0. The van der Waals surface area contributed by atoms with Crippen molar-refractivity contribution in [2.75, 3.05) is 10.6 Å². The molecule has 6 heteroatoms. The molecule has 0 aliphatic heterocycles. The van der Waals surface area contributed by atoms with Gasteiger partial charge in [-0.1, -0.05) is 48.0 Å². The van der Waals surface area contributed by atoms with E-state index in [9.17, 15) is 9.59 Å². The molecule has 5 nitrogen and oxygen atoms in total. The molecule has 0 saturated carbocycles. The van der Waals surface area contributed by atoms with Crippen molar-refractivity contribution in [3.05, 3.63) is 76.3 Å². The van der Waals surface area contributed by atoms with Crippen LogP contribution < -0.4 is 10.6 Å². The summed E-state index contributed by atoms with van der Waals surface area (Å²) in [4.78, 5) is 28.7. The Balaban J connectivity index is 1.54. The lowest BCUT2D eigenvalue weighted by atomic mass is 10.1. The summed E-state index contributed by atoms with van der Waals surface area (Å²) in [7, 11) is 0. The van der Waals surface area contributed by atoms with Crippen LogP contribution in [-0.2, 0) is 22.4 Å². The zero-order valence-electron chi connectivity index (χ0n) is 15.3. The van der Waals surface area contributed by atoms with Crippen molar-refractivity contribution >= 4 is 34.0 Å². The SMILES string of the molecule is Cc1ccc(NC(=O)Cc2csc(NC(=O)Cc3ccccc3)n2)c(C)c1. The molecule has 0 radical (unpaired) electrons. The lowest BCUT2D eigenvalue weighted by Crippen LogP contribution is -2.16. The number of hydrogen-bond acceptors (Lipinski definition) is 4. The van der Waals surface area contributed by atoms with Crippen LogP contribution in [0.4, 0.5) is 10.8 Å². The smallest absolute Gasteiger partial charge is 0.230 e. The lowest BCUT2D eigenvalue weighted by Gasteiger charge is -2.08. The molecule has 0 atom stereocenters. The largest absolute Gasteiger partial charge is 0.326 e. The van der Waals surface area contributed by atoms with E-state index < -0.39 is 0 Å². The van der Waals surface area contributed by atoms with E-state index in [0.29, 0.717) is 17.2 Å². The van der Waals surface area contributed by atoms with Crippen LogP contribution in [-0.4, -0.2) is 16.8 Å². The van der Waals surface area contributed by atoms with Gasteiger partial charge in [0.15, 0.2) is 5.13 Å². The zero-order valence-corrected chi connectivity index (χ0v) is 16.1. The fourth-order valence-corrected chi connectivity index (χ4v) is 3.43. The van der Waals surface area contributed by atoms with Crippen LogP contribution in [0.25, 0.3) is 0 Å². The number of thiazole rings is 1. The number of aryl methyl sites for hydroxylation is 2. The Hall–Kier alpha value is -2.99. The van der Waals surface area contributed by atoms with E-state index in [0.717, 1.165) is 22.4 Å². The maximum absolute atomic E-state index is 12.3. The first-order chi connectivity index (χ1) is 13.0. The number of nitrogens with zero attached hydrogens (tertiary/aromatic N) is 1. The molecule has 27 heavy (non-hydrogen) atoms. The first kappa shape index (κ1) is 18.8. The van der Waals surface area contributed by atoms with Gasteiger partial charge in [0.1, 0.15) is 0 Å². The van der Waals surface area contributed by atoms with Crippen LogP contribution >= 0.6 is 11.3 Å². The maximum atomic E-state index is 12.3. The molecule has 3 aromatic rings. The van der Waals surface area contributed by atoms with E-state index in [-0.39, 0.29) is 18.2 Å². The number of benzene rings is 2. The average molecular weight is 379 g/mol. The Morgan fingerprint density at radius 3 is 2.44 bits per heavy atom. The lowest BCUT2D eigenvalue weighted by molar-refractivity contribution is -0.116. The van der Waals surface area contributed by atoms with Crippen LogP contribution in [0, 0.1) is 13.8 Å². The van der Waals surface area contributed by atoms with Gasteiger partial charge in [-0.05, 0) is 31.0 Å². The van der Waals surface area contributed by atoms with Crippen LogP contribution in [0.5, 0.6) is 0 Å². The van der Waals surface area contributed by atoms with Crippen molar-refractivity contribution in [3.8, 4) is 0 Å². The number of hydrogen-bond donors (Lipinski definition) is 2. The highest BCUT2D eigenvalue weighted by Gasteiger charge is 2.11. The Kier molecular flexibility index (Phi) is 5.98.